The van der Waals surface area contributed by atoms with Crippen molar-refractivity contribution in [1.29, 1.82) is 0 Å². The van der Waals surface area contributed by atoms with Gasteiger partial charge in [-0.1, -0.05) is 0 Å². The Morgan fingerprint density at radius 3 is 2.68 bits per heavy atom. The normalized spacial score (nSPS) is 30.4. The Morgan fingerprint density at radius 1 is 1.37 bits per heavy atom. The van der Waals surface area contributed by atoms with E-state index in [1.807, 2.05) is 0 Å². The Kier molecular flexibility index (Phi) is 3.20. The zero-order chi connectivity index (χ0) is 13.5. The summed E-state index contributed by atoms with van der Waals surface area (Å²) in [4.78, 5) is 6.32. The number of nitrogens with two attached hydrogens (primary N) is 1. The molecule has 0 aromatic carbocycles. The number of piperidine rings is 3. The second kappa shape index (κ2) is 4.73. The van der Waals surface area contributed by atoms with Gasteiger partial charge in [0, 0.05) is 24.8 Å². The molecule has 3 fully saturated rings. The lowest BCUT2D eigenvalue weighted by Crippen LogP contribution is -2.57. The van der Waals surface area contributed by atoms with Gasteiger partial charge in [0.05, 0.1) is 4.90 Å². The van der Waals surface area contributed by atoms with Crippen LogP contribution in [-0.4, -0.2) is 44.0 Å². The number of rotatable bonds is 3. The summed E-state index contributed by atoms with van der Waals surface area (Å²) in [6.07, 6.45) is 3.57. The lowest BCUT2D eigenvalue weighted by atomic mass is 9.85. The van der Waals surface area contributed by atoms with E-state index in [1.54, 1.807) is 0 Å². The van der Waals surface area contributed by atoms with Crippen molar-refractivity contribution in [3.05, 3.63) is 18.3 Å². The first-order valence-electron chi connectivity index (χ1n) is 6.51. The van der Waals surface area contributed by atoms with Gasteiger partial charge in [-0.15, -0.1) is 0 Å². The van der Waals surface area contributed by atoms with Crippen LogP contribution in [0.15, 0.2) is 23.2 Å². The summed E-state index contributed by atoms with van der Waals surface area (Å²) in [7, 11) is -3.50. The number of pyridine rings is 1. The highest BCUT2D eigenvalue weighted by Gasteiger charge is 2.36. The first-order chi connectivity index (χ1) is 9.04. The SMILES string of the molecule is Nc1cc(S(=O)(=O)NC2CN3CCC2CC3)ccn1. The molecule has 3 aliphatic rings. The van der Waals surface area contributed by atoms with Crippen LogP contribution in [0.3, 0.4) is 0 Å². The minimum atomic E-state index is -3.50. The molecule has 4 heterocycles. The van der Waals surface area contributed by atoms with Crippen LogP contribution < -0.4 is 10.5 Å². The molecule has 1 aromatic heterocycles. The second-order valence-corrected chi connectivity index (χ2v) is 7.00. The number of aromatic nitrogens is 1. The van der Waals surface area contributed by atoms with Gasteiger partial charge in [-0.2, -0.15) is 0 Å². The molecule has 2 bridgehead atoms. The summed E-state index contributed by atoms with van der Waals surface area (Å²) < 4.78 is 27.4. The van der Waals surface area contributed by atoms with Gasteiger partial charge in [0.1, 0.15) is 5.82 Å². The van der Waals surface area contributed by atoms with Crippen LogP contribution in [0, 0.1) is 5.92 Å². The third-order valence-electron chi connectivity index (χ3n) is 4.03. The maximum absolute atomic E-state index is 12.3. The minimum absolute atomic E-state index is 0.0156. The van der Waals surface area contributed by atoms with E-state index in [4.69, 9.17) is 5.73 Å². The molecule has 3 saturated heterocycles. The number of nitrogen functional groups attached to an aromatic ring is 1. The number of anilines is 1. The average Bonchev–Trinajstić information content (AvgIpc) is 2.39. The highest BCUT2D eigenvalue weighted by atomic mass is 32.2. The van der Waals surface area contributed by atoms with Crippen LogP contribution in [0.4, 0.5) is 5.82 Å². The lowest BCUT2D eigenvalue weighted by molar-refractivity contribution is 0.0827. The topological polar surface area (TPSA) is 88.3 Å². The fraction of sp³-hybridized carbons (Fsp3) is 0.583. The van der Waals surface area contributed by atoms with Gasteiger partial charge in [0.15, 0.2) is 0 Å². The molecule has 1 aromatic rings. The Bertz CT molecular complexity index is 567. The largest absolute Gasteiger partial charge is 0.384 e. The Hall–Kier alpha value is -1.18. The standard InChI is InChI=1S/C12H18N4O2S/c13-12-7-10(1-4-14-12)19(17,18)15-11-8-16-5-2-9(11)3-6-16/h1,4,7,9,11,15H,2-3,5-6,8H2,(H2,13,14). The Morgan fingerprint density at radius 2 is 2.11 bits per heavy atom. The lowest BCUT2D eigenvalue weighted by Gasteiger charge is -2.44. The minimum Gasteiger partial charge on any atom is -0.384 e. The maximum atomic E-state index is 12.3. The molecule has 3 N–H and O–H groups in total. The van der Waals surface area contributed by atoms with E-state index in [0.717, 1.165) is 32.5 Å². The van der Waals surface area contributed by atoms with Crippen molar-refractivity contribution < 1.29 is 8.42 Å². The molecule has 0 amide bonds. The van der Waals surface area contributed by atoms with Crippen molar-refractivity contribution in [3.8, 4) is 0 Å². The molecule has 7 heteroatoms. The van der Waals surface area contributed by atoms with Gasteiger partial charge in [-0.3, -0.25) is 0 Å². The van der Waals surface area contributed by atoms with Gasteiger partial charge >= 0.3 is 0 Å². The Labute approximate surface area is 113 Å². The summed E-state index contributed by atoms with van der Waals surface area (Å²) >= 11 is 0. The predicted molar refractivity (Wildman–Crippen MR) is 71.9 cm³/mol. The van der Waals surface area contributed by atoms with Gasteiger partial charge in [0.25, 0.3) is 0 Å². The van der Waals surface area contributed by atoms with Crippen LogP contribution in [0.5, 0.6) is 0 Å². The molecule has 3 aliphatic heterocycles. The van der Waals surface area contributed by atoms with E-state index in [0.29, 0.717) is 5.92 Å². The quantitative estimate of drug-likeness (QED) is 0.817. The molecule has 0 aliphatic carbocycles. The monoisotopic (exact) mass is 282 g/mol. The number of fused-ring (bicyclic) bond motifs is 3. The van der Waals surface area contributed by atoms with Crippen LogP contribution in [0.25, 0.3) is 0 Å². The fourth-order valence-corrected chi connectivity index (χ4v) is 4.28. The number of sulfonamides is 1. The first kappa shape index (κ1) is 12.8. The molecule has 4 rings (SSSR count). The van der Waals surface area contributed by atoms with Crippen molar-refractivity contribution in [3.63, 3.8) is 0 Å². The van der Waals surface area contributed by atoms with Crippen LogP contribution in [-0.2, 0) is 10.0 Å². The number of hydrogen-bond donors (Lipinski definition) is 2. The zero-order valence-electron chi connectivity index (χ0n) is 10.6. The van der Waals surface area contributed by atoms with Gasteiger partial charge in [-0.25, -0.2) is 18.1 Å². The second-order valence-electron chi connectivity index (χ2n) is 5.28. The van der Waals surface area contributed by atoms with E-state index in [2.05, 4.69) is 14.6 Å². The van der Waals surface area contributed by atoms with Crippen molar-refractivity contribution in [1.82, 2.24) is 14.6 Å². The van der Waals surface area contributed by atoms with E-state index < -0.39 is 10.0 Å². The summed E-state index contributed by atoms with van der Waals surface area (Å²) in [5, 5.41) is 0. The third kappa shape index (κ3) is 2.58. The molecule has 6 nitrogen and oxygen atoms in total. The molecule has 1 unspecified atom stereocenters. The number of nitrogens with zero attached hydrogens (tertiary/aromatic N) is 2. The molecular weight excluding hydrogens is 264 g/mol. The highest BCUT2D eigenvalue weighted by molar-refractivity contribution is 7.89. The molecule has 1 atom stereocenters. The molecule has 0 saturated carbocycles. The molecule has 0 spiro atoms. The van der Waals surface area contributed by atoms with Crippen molar-refractivity contribution in [2.75, 3.05) is 25.4 Å². The van der Waals surface area contributed by atoms with E-state index in [-0.39, 0.29) is 16.8 Å². The smallest absolute Gasteiger partial charge is 0.241 e. The van der Waals surface area contributed by atoms with Gasteiger partial charge in [-0.05, 0) is 37.9 Å². The molecular formula is C12H18N4O2S. The van der Waals surface area contributed by atoms with Crippen LogP contribution >= 0.6 is 0 Å². The predicted octanol–water partition coefficient (Wildman–Crippen LogP) is 0.0363. The third-order valence-corrected chi connectivity index (χ3v) is 5.51. The average molecular weight is 282 g/mol. The molecule has 19 heavy (non-hydrogen) atoms. The van der Waals surface area contributed by atoms with E-state index >= 15 is 0 Å². The van der Waals surface area contributed by atoms with E-state index in [1.165, 1.54) is 18.3 Å². The van der Waals surface area contributed by atoms with E-state index in [9.17, 15) is 8.42 Å². The summed E-state index contributed by atoms with van der Waals surface area (Å²) in [6, 6.07) is 2.88. The molecule has 104 valence electrons. The fourth-order valence-electron chi connectivity index (χ4n) is 2.96. The summed E-state index contributed by atoms with van der Waals surface area (Å²) in [5.74, 6) is 0.677. The number of nitrogens with one attached hydrogen (secondary N) is 1. The molecule has 0 radical (unpaired) electrons. The van der Waals surface area contributed by atoms with Crippen molar-refractivity contribution in [2.24, 2.45) is 5.92 Å². The van der Waals surface area contributed by atoms with Gasteiger partial charge < -0.3 is 10.6 Å². The maximum Gasteiger partial charge on any atom is 0.241 e. The van der Waals surface area contributed by atoms with Crippen molar-refractivity contribution in [2.45, 2.75) is 23.8 Å². The highest BCUT2D eigenvalue weighted by Crippen LogP contribution is 2.28. The zero-order valence-corrected chi connectivity index (χ0v) is 11.4. The van der Waals surface area contributed by atoms with Gasteiger partial charge in [0.2, 0.25) is 10.0 Å². The Balaban J connectivity index is 1.79. The van der Waals surface area contributed by atoms with Crippen LogP contribution in [0.2, 0.25) is 0 Å². The summed E-state index contributed by atoms with van der Waals surface area (Å²) in [5.41, 5.74) is 5.54. The first-order valence-corrected chi connectivity index (χ1v) is 7.99. The summed E-state index contributed by atoms with van der Waals surface area (Å²) in [6.45, 7) is 2.99. The number of hydrogen-bond acceptors (Lipinski definition) is 5. The van der Waals surface area contributed by atoms with Crippen molar-refractivity contribution >= 4 is 15.8 Å². The van der Waals surface area contributed by atoms with Crippen LogP contribution in [0.1, 0.15) is 12.8 Å².